The van der Waals surface area contributed by atoms with Crippen molar-refractivity contribution < 1.29 is 9.59 Å². The summed E-state index contributed by atoms with van der Waals surface area (Å²) < 4.78 is 0. The SMILES string of the molecule is Cc1nc2ccccc2c(C)c1CC(=O)N1CCCC1C(=O)Nc1nccs1. The van der Waals surface area contributed by atoms with Gasteiger partial charge in [-0.05, 0) is 43.9 Å². The van der Waals surface area contributed by atoms with Crippen LogP contribution in [0.25, 0.3) is 10.9 Å². The van der Waals surface area contributed by atoms with E-state index in [0.29, 0.717) is 18.1 Å². The number of nitrogens with one attached hydrogen (secondary N) is 1. The number of amides is 2. The van der Waals surface area contributed by atoms with Gasteiger partial charge in [0.15, 0.2) is 5.13 Å². The van der Waals surface area contributed by atoms with Crippen LogP contribution in [0, 0.1) is 13.8 Å². The van der Waals surface area contributed by atoms with Gasteiger partial charge in [-0.1, -0.05) is 18.2 Å². The van der Waals surface area contributed by atoms with Crippen molar-refractivity contribution in [3.63, 3.8) is 0 Å². The average molecular weight is 394 g/mol. The first kappa shape index (κ1) is 18.6. The summed E-state index contributed by atoms with van der Waals surface area (Å²) >= 11 is 1.37. The number of anilines is 1. The Morgan fingerprint density at radius 1 is 1.29 bits per heavy atom. The van der Waals surface area contributed by atoms with Crippen LogP contribution in [0.2, 0.25) is 0 Å². The van der Waals surface area contributed by atoms with Crippen LogP contribution < -0.4 is 5.32 Å². The Bertz CT molecular complexity index is 1030. The fourth-order valence-electron chi connectivity index (χ4n) is 3.90. The molecule has 7 heteroatoms. The Kier molecular flexibility index (Phi) is 5.09. The fraction of sp³-hybridized carbons (Fsp3) is 0.333. The minimum atomic E-state index is -0.439. The lowest BCUT2D eigenvalue weighted by atomic mass is 9.99. The normalized spacial score (nSPS) is 16.5. The molecule has 1 unspecified atom stereocenters. The number of para-hydroxylation sites is 1. The van der Waals surface area contributed by atoms with Gasteiger partial charge < -0.3 is 10.2 Å². The van der Waals surface area contributed by atoms with Crippen molar-refractivity contribution in [1.29, 1.82) is 0 Å². The zero-order valence-electron chi connectivity index (χ0n) is 15.9. The number of aromatic nitrogens is 2. The van der Waals surface area contributed by atoms with Crippen LogP contribution in [0.15, 0.2) is 35.8 Å². The van der Waals surface area contributed by atoms with Crippen LogP contribution >= 0.6 is 11.3 Å². The van der Waals surface area contributed by atoms with Crippen molar-refractivity contribution in [2.75, 3.05) is 11.9 Å². The molecule has 4 rings (SSSR count). The molecule has 2 aromatic heterocycles. The molecule has 28 heavy (non-hydrogen) atoms. The molecule has 0 radical (unpaired) electrons. The highest BCUT2D eigenvalue weighted by molar-refractivity contribution is 7.13. The van der Waals surface area contributed by atoms with E-state index in [1.165, 1.54) is 11.3 Å². The number of pyridine rings is 1. The summed E-state index contributed by atoms with van der Waals surface area (Å²) in [4.78, 5) is 36.2. The van der Waals surface area contributed by atoms with Gasteiger partial charge in [-0.25, -0.2) is 4.98 Å². The third-order valence-corrected chi connectivity index (χ3v) is 6.04. The van der Waals surface area contributed by atoms with Crippen molar-refractivity contribution >= 4 is 39.2 Å². The summed E-state index contributed by atoms with van der Waals surface area (Å²) in [7, 11) is 0. The van der Waals surface area contributed by atoms with Crippen LogP contribution in [0.3, 0.4) is 0 Å². The minimum Gasteiger partial charge on any atom is -0.330 e. The van der Waals surface area contributed by atoms with Gasteiger partial charge in [0.25, 0.3) is 0 Å². The zero-order valence-corrected chi connectivity index (χ0v) is 16.8. The topological polar surface area (TPSA) is 75.2 Å². The van der Waals surface area contributed by atoms with E-state index in [-0.39, 0.29) is 18.2 Å². The lowest BCUT2D eigenvalue weighted by molar-refractivity contribution is -0.136. The van der Waals surface area contributed by atoms with E-state index in [4.69, 9.17) is 0 Å². The number of nitrogens with zero attached hydrogens (tertiary/aromatic N) is 3. The summed E-state index contributed by atoms with van der Waals surface area (Å²) in [6.45, 7) is 4.59. The number of carbonyl (C=O) groups excluding carboxylic acids is 2. The van der Waals surface area contributed by atoms with Crippen molar-refractivity contribution in [3.8, 4) is 0 Å². The fourth-order valence-corrected chi connectivity index (χ4v) is 4.43. The number of benzene rings is 1. The monoisotopic (exact) mass is 394 g/mol. The Hall–Kier alpha value is -2.80. The molecule has 1 fully saturated rings. The number of hydrogen-bond acceptors (Lipinski definition) is 5. The second-order valence-electron chi connectivity index (χ2n) is 7.07. The highest BCUT2D eigenvalue weighted by Gasteiger charge is 2.34. The van der Waals surface area contributed by atoms with E-state index in [0.717, 1.165) is 34.1 Å². The lowest BCUT2D eigenvalue weighted by Gasteiger charge is -2.24. The van der Waals surface area contributed by atoms with E-state index in [1.807, 2.05) is 43.5 Å². The maximum absolute atomic E-state index is 13.1. The number of likely N-dealkylation sites (tertiary alicyclic amines) is 1. The van der Waals surface area contributed by atoms with E-state index in [9.17, 15) is 9.59 Å². The van der Waals surface area contributed by atoms with Gasteiger partial charge in [-0.15, -0.1) is 11.3 Å². The number of carbonyl (C=O) groups is 2. The molecule has 6 nitrogen and oxygen atoms in total. The largest absolute Gasteiger partial charge is 0.330 e. The zero-order chi connectivity index (χ0) is 19.7. The van der Waals surface area contributed by atoms with Crippen LogP contribution in [0.5, 0.6) is 0 Å². The first-order valence-corrected chi connectivity index (χ1v) is 10.3. The summed E-state index contributed by atoms with van der Waals surface area (Å²) in [6, 6.07) is 7.53. The van der Waals surface area contributed by atoms with Gasteiger partial charge in [0.05, 0.1) is 11.9 Å². The number of hydrogen-bond donors (Lipinski definition) is 1. The highest BCUT2D eigenvalue weighted by atomic mass is 32.1. The van der Waals surface area contributed by atoms with Crippen molar-refractivity contribution in [3.05, 3.63) is 52.7 Å². The third-order valence-electron chi connectivity index (χ3n) is 5.35. The lowest BCUT2D eigenvalue weighted by Crippen LogP contribution is -2.44. The van der Waals surface area contributed by atoms with E-state index >= 15 is 0 Å². The van der Waals surface area contributed by atoms with Crippen LogP contribution in [-0.2, 0) is 16.0 Å². The standard InChI is InChI=1S/C21H22N4O2S/c1-13-15-6-3-4-7-17(15)23-14(2)16(13)12-19(26)25-10-5-8-18(25)20(27)24-21-22-9-11-28-21/h3-4,6-7,9,11,18H,5,8,10,12H2,1-2H3,(H,22,24,27). The third kappa shape index (κ3) is 3.49. The van der Waals surface area contributed by atoms with E-state index in [1.54, 1.807) is 11.1 Å². The molecule has 144 valence electrons. The number of rotatable bonds is 4. The second kappa shape index (κ2) is 7.67. The molecule has 0 saturated carbocycles. The number of aryl methyl sites for hydroxylation is 2. The molecule has 3 heterocycles. The predicted molar refractivity (Wildman–Crippen MR) is 110 cm³/mol. The van der Waals surface area contributed by atoms with E-state index < -0.39 is 6.04 Å². The molecule has 1 atom stereocenters. The quantitative estimate of drug-likeness (QED) is 0.735. The summed E-state index contributed by atoms with van der Waals surface area (Å²) in [5.41, 5.74) is 3.84. The average Bonchev–Trinajstić information content (AvgIpc) is 3.36. The van der Waals surface area contributed by atoms with Gasteiger partial charge in [0, 0.05) is 29.2 Å². The predicted octanol–water partition coefficient (Wildman–Crippen LogP) is 3.48. The van der Waals surface area contributed by atoms with Crippen molar-refractivity contribution in [2.24, 2.45) is 0 Å². The summed E-state index contributed by atoms with van der Waals surface area (Å²) in [5.74, 6) is -0.189. The summed E-state index contributed by atoms with van der Waals surface area (Å²) in [6.07, 6.45) is 3.42. The molecule has 1 N–H and O–H groups in total. The van der Waals surface area contributed by atoms with Gasteiger partial charge >= 0.3 is 0 Å². The summed E-state index contributed by atoms with van der Waals surface area (Å²) in [5, 5.41) is 6.26. The minimum absolute atomic E-state index is 0.0277. The van der Waals surface area contributed by atoms with Gasteiger partial charge in [-0.2, -0.15) is 0 Å². The molecular formula is C21H22N4O2S. The molecule has 1 aliphatic rings. The first-order chi connectivity index (χ1) is 13.5. The van der Waals surface area contributed by atoms with Crippen LogP contribution in [-0.4, -0.2) is 39.3 Å². The maximum atomic E-state index is 13.1. The molecule has 2 amide bonds. The van der Waals surface area contributed by atoms with Crippen molar-refractivity contribution in [2.45, 2.75) is 39.2 Å². The Balaban J connectivity index is 1.54. The van der Waals surface area contributed by atoms with E-state index in [2.05, 4.69) is 15.3 Å². The Morgan fingerprint density at radius 2 is 2.11 bits per heavy atom. The van der Waals surface area contributed by atoms with Crippen LogP contribution in [0.1, 0.15) is 29.7 Å². The van der Waals surface area contributed by atoms with Crippen molar-refractivity contribution in [1.82, 2.24) is 14.9 Å². The molecule has 1 aliphatic heterocycles. The smallest absolute Gasteiger partial charge is 0.248 e. The number of thiazole rings is 1. The van der Waals surface area contributed by atoms with Gasteiger partial charge in [-0.3, -0.25) is 14.6 Å². The Morgan fingerprint density at radius 3 is 2.89 bits per heavy atom. The Labute approximate surface area is 167 Å². The maximum Gasteiger partial charge on any atom is 0.248 e. The van der Waals surface area contributed by atoms with Crippen LogP contribution in [0.4, 0.5) is 5.13 Å². The highest BCUT2D eigenvalue weighted by Crippen LogP contribution is 2.26. The first-order valence-electron chi connectivity index (χ1n) is 9.39. The van der Waals surface area contributed by atoms with Gasteiger partial charge in [0.1, 0.15) is 6.04 Å². The molecule has 0 spiro atoms. The second-order valence-corrected chi connectivity index (χ2v) is 7.96. The molecule has 1 saturated heterocycles. The van der Waals surface area contributed by atoms with Gasteiger partial charge in [0.2, 0.25) is 11.8 Å². The molecule has 1 aromatic carbocycles. The molecule has 0 aliphatic carbocycles. The number of fused-ring (bicyclic) bond motifs is 1. The molecule has 0 bridgehead atoms. The molecule has 3 aromatic rings. The molecular weight excluding hydrogens is 372 g/mol.